The number of piperidine rings is 1. The molecule has 0 aromatic heterocycles. The normalized spacial score (nSPS) is 17.0. The number of amides is 1. The van der Waals surface area contributed by atoms with Gasteiger partial charge < -0.3 is 0 Å². The molecule has 4 heteroatoms. The summed E-state index contributed by atoms with van der Waals surface area (Å²) in [5.74, 6) is 0.597. The minimum atomic E-state index is -0.410. The standard InChI is InChI=1S/C17H25INO2/c1-17(2,3)21-16(20)19-11-9-13(10-12-19)14-7-5-6-8-15(14)18-4/h5-8,13H,9-12H2,1-4H3/q-1. The number of ether oxygens (including phenoxy) is 1. The summed E-state index contributed by atoms with van der Waals surface area (Å²) < 4.78 is 7.00. The fourth-order valence-corrected chi connectivity index (χ4v) is 4.49. The molecule has 1 aliphatic heterocycles. The van der Waals surface area contributed by atoms with Crippen molar-refractivity contribution in [2.75, 3.05) is 18.0 Å². The Morgan fingerprint density at radius 3 is 2.43 bits per heavy atom. The van der Waals surface area contributed by atoms with Crippen molar-refractivity contribution in [2.24, 2.45) is 0 Å². The van der Waals surface area contributed by atoms with Crippen LogP contribution >= 0.6 is 0 Å². The van der Waals surface area contributed by atoms with E-state index in [0.29, 0.717) is 5.92 Å². The summed E-state index contributed by atoms with van der Waals surface area (Å²) in [7, 11) is 0. The van der Waals surface area contributed by atoms with Gasteiger partial charge in [0.25, 0.3) is 0 Å². The summed E-state index contributed by atoms with van der Waals surface area (Å²) in [6.45, 7) is 7.35. The quantitative estimate of drug-likeness (QED) is 0.538. The van der Waals surface area contributed by atoms with Crippen molar-refractivity contribution in [3.8, 4) is 0 Å². The van der Waals surface area contributed by atoms with Gasteiger partial charge in [-0.15, -0.1) is 0 Å². The van der Waals surface area contributed by atoms with Crippen LogP contribution in [0.1, 0.15) is 45.1 Å². The third-order valence-corrected chi connectivity index (χ3v) is 5.84. The molecule has 2 rings (SSSR count). The predicted molar refractivity (Wildman–Crippen MR) is 80.8 cm³/mol. The summed E-state index contributed by atoms with van der Waals surface area (Å²) in [6.07, 6.45) is 1.91. The van der Waals surface area contributed by atoms with Crippen molar-refractivity contribution < 1.29 is 30.7 Å². The molecule has 0 aliphatic carbocycles. The molecule has 0 bridgehead atoms. The summed E-state index contributed by atoms with van der Waals surface area (Å²) in [4.78, 5) is 16.3. The van der Waals surface area contributed by atoms with Gasteiger partial charge in [0.05, 0.1) is 0 Å². The summed E-state index contributed by atoms with van der Waals surface area (Å²) in [5, 5.41) is 0. The summed E-state index contributed by atoms with van der Waals surface area (Å²) in [6, 6.07) is 8.81. The van der Waals surface area contributed by atoms with Gasteiger partial charge in [0.2, 0.25) is 0 Å². The predicted octanol–water partition coefficient (Wildman–Crippen LogP) is 0.690. The molecule has 1 saturated heterocycles. The summed E-state index contributed by atoms with van der Waals surface area (Å²) in [5.41, 5.74) is 1.10. The molecule has 0 spiro atoms. The van der Waals surface area contributed by atoms with Crippen LogP contribution in [0.2, 0.25) is 0 Å². The Labute approximate surface area is 138 Å². The van der Waals surface area contributed by atoms with Crippen molar-refractivity contribution in [3.63, 3.8) is 0 Å². The number of carbonyl (C=O) groups is 1. The molecule has 0 unspecified atom stereocenters. The Kier molecular flexibility index (Phi) is 5.52. The first-order valence-electron chi connectivity index (χ1n) is 7.47. The zero-order valence-corrected chi connectivity index (χ0v) is 15.5. The number of likely N-dealkylation sites (tertiary alicyclic amines) is 1. The van der Waals surface area contributed by atoms with Crippen LogP contribution in [-0.4, -0.2) is 34.6 Å². The van der Waals surface area contributed by atoms with E-state index >= 15 is 0 Å². The number of hydrogen-bond donors (Lipinski definition) is 0. The van der Waals surface area contributed by atoms with Crippen LogP contribution in [0, 0.1) is 3.57 Å². The minimum absolute atomic E-state index is 0.112. The first kappa shape index (κ1) is 16.6. The first-order valence-corrected chi connectivity index (χ1v) is 10.7. The Morgan fingerprint density at radius 1 is 1.24 bits per heavy atom. The van der Waals surface area contributed by atoms with Gasteiger partial charge >= 0.3 is 138 Å². The SMILES string of the molecule is C[I-]c1ccccc1C1CCN(C(=O)OC(C)(C)C)CC1. The number of hydrogen-bond acceptors (Lipinski definition) is 2. The number of benzene rings is 1. The molecule has 118 valence electrons. The van der Waals surface area contributed by atoms with Crippen molar-refractivity contribution in [1.29, 1.82) is 0 Å². The number of halogens is 1. The van der Waals surface area contributed by atoms with Gasteiger partial charge in [-0.1, -0.05) is 0 Å². The van der Waals surface area contributed by atoms with E-state index in [4.69, 9.17) is 4.74 Å². The van der Waals surface area contributed by atoms with E-state index in [0.717, 1.165) is 25.9 Å². The van der Waals surface area contributed by atoms with Gasteiger partial charge in [0.15, 0.2) is 0 Å². The van der Waals surface area contributed by atoms with Crippen LogP contribution in [0.4, 0.5) is 4.79 Å². The van der Waals surface area contributed by atoms with E-state index in [2.05, 4.69) is 29.2 Å². The van der Waals surface area contributed by atoms with Gasteiger partial charge in [-0.25, -0.2) is 0 Å². The molecule has 1 aromatic rings. The van der Waals surface area contributed by atoms with Gasteiger partial charge in [-0.2, -0.15) is 0 Å². The third kappa shape index (κ3) is 4.59. The molecule has 0 atom stereocenters. The Balaban J connectivity index is 1.96. The van der Waals surface area contributed by atoms with E-state index in [1.54, 1.807) is 3.57 Å². The van der Waals surface area contributed by atoms with Gasteiger partial charge in [-0.3, -0.25) is 0 Å². The van der Waals surface area contributed by atoms with Crippen LogP contribution in [-0.2, 0) is 4.74 Å². The molecule has 1 heterocycles. The molecule has 0 N–H and O–H groups in total. The third-order valence-electron chi connectivity index (χ3n) is 3.70. The number of nitrogens with zero attached hydrogens (tertiary/aromatic N) is 1. The molecule has 1 aliphatic rings. The maximum atomic E-state index is 12.1. The monoisotopic (exact) mass is 402 g/mol. The zero-order valence-electron chi connectivity index (χ0n) is 13.4. The van der Waals surface area contributed by atoms with Crippen molar-refractivity contribution >= 4 is 6.09 Å². The Bertz CT molecular complexity index is 488. The van der Waals surface area contributed by atoms with Gasteiger partial charge in [0.1, 0.15) is 0 Å². The second kappa shape index (κ2) is 6.99. The van der Waals surface area contributed by atoms with E-state index in [1.807, 2.05) is 25.7 Å². The molecular weight excluding hydrogens is 377 g/mol. The first-order chi connectivity index (χ1) is 9.90. The van der Waals surface area contributed by atoms with Crippen LogP contribution in [0.3, 0.4) is 0 Å². The van der Waals surface area contributed by atoms with E-state index in [9.17, 15) is 4.79 Å². The summed E-state index contributed by atoms with van der Waals surface area (Å²) >= 11 is 0.112. The molecular formula is C17H25INO2-. The van der Waals surface area contributed by atoms with E-state index in [-0.39, 0.29) is 27.3 Å². The van der Waals surface area contributed by atoms with Crippen LogP contribution < -0.4 is 21.2 Å². The van der Waals surface area contributed by atoms with Crippen LogP contribution in [0.25, 0.3) is 0 Å². The second-order valence-corrected chi connectivity index (χ2v) is 8.69. The molecule has 1 aromatic carbocycles. The van der Waals surface area contributed by atoms with Crippen molar-refractivity contribution in [3.05, 3.63) is 33.4 Å². The van der Waals surface area contributed by atoms with Crippen molar-refractivity contribution in [2.45, 2.75) is 45.1 Å². The average molecular weight is 402 g/mol. The van der Waals surface area contributed by atoms with Crippen LogP contribution in [0.5, 0.6) is 0 Å². The molecule has 1 fully saturated rings. The molecule has 0 saturated carbocycles. The van der Waals surface area contributed by atoms with Gasteiger partial charge in [0, 0.05) is 0 Å². The fourth-order valence-electron chi connectivity index (χ4n) is 2.68. The number of rotatable bonds is 2. The molecule has 0 radical (unpaired) electrons. The Morgan fingerprint density at radius 2 is 1.86 bits per heavy atom. The molecule has 21 heavy (non-hydrogen) atoms. The number of alkyl halides is 1. The van der Waals surface area contributed by atoms with E-state index < -0.39 is 5.60 Å². The van der Waals surface area contributed by atoms with Crippen LogP contribution in [0.15, 0.2) is 24.3 Å². The maximum absolute atomic E-state index is 12.1. The topological polar surface area (TPSA) is 29.5 Å². The fraction of sp³-hybridized carbons (Fsp3) is 0.588. The second-order valence-electron chi connectivity index (χ2n) is 6.45. The zero-order chi connectivity index (χ0) is 15.5. The van der Waals surface area contributed by atoms with Gasteiger partial charge in [-0.05, 0) is 0 Å². The Hall–Kier alpha value is -0.780. The average Bonchev–Trinajstić information content (AvgIpc) is 2.45. The molecule has 1 amide bonds. The molecule has 3 nitrogen and oxygen atoms in total. The van der Waals surface area contributed by atoms with E-state index in [1.165, 1.54) is 5.56 Å². The van der Waals surface area contributed by atoms with Crippen molar-refractivity contribution in [1.82, 2.24) is 4.90 Å². The number of carbonyl (C=O) groups excluding carboxylic acids is 1.